The molecule has 24 valence electrons. The summed E-state index contributed by atoms with van der Waals surface area (Å²) >= 11 is -1.14. The average Bonchev–Trinajstić information content (AvgIpc) is 0.918. The fourth-order valence-electron chi connectivity index (χ4n) is 0. The minimum absolute atomic E-state index is 0. The summed E-state index contributed by atoms with van der Waals surface area (Å²) in [5.74, 6) is 0. The Kier molecular flexibility index (Phi) is 20.7. The molecule has 1 atom stereocenters. The summed E-state index contributed by atoms with van der Waals surface area (Å²) in [6.45, 7) is 0. The van der Waals surface area contributed by atoms with E-state index in [4.69, 9.17) is 16.5 Å². The molecule has 4 heteroatoms. The SMILES string of the molecule is P.[Cl][Hg][Cl]. The zero-order chi connectivity index (χ0) is 2.71. The topological polar surface area (TPSA) is 0 Å². The zero-order valence-corrected chi connectivity index (χ0v) is 10.6. The number of hydrogen-bond acceptors (Lipinski definition) is 0. The van der Waals surface area contributed by atoms with Crippen LogP contribution in [0.15, 0.2) is 0 Å². The Balaban J connectivity index is 0. The van der Waals surface area contributed by atoms with Crippen LogP contribution < -0.4 is 0 Å². The van der Waals surface area contributed by atoms with Gasteiger partial charge in [-0.1, -0.05) is 0 Å². The van der Waals surface area contributed by atoms with Gasteiger partial charge in [-0.25, -0.2) is 0 Å². The molecule has 0 fully saturated rings. The van der Waals surface area contributed by atoms with Gasteiger partial charge in [0.2, 0.25) is 0 Å². The molecule has 0 N–H and O–H groups in total. The molecule has 0 radical (unpaired) electrons. The maximum atomic E-state index is 4.99. The van der Waals surface area contributed by atoms with E-state index in [1.165, 1.54) is 0 Å². The van der Waals surface area contributed by atoms with Crippen molar-refractivity contribution in [3.05, 3.63) is 0 Å². The first-order chi connectivity index (χ1) is 1.41. The van der Waals surface area contributed by atoms with Gasteiger partial charge in [0, 0.05) is 0 Å². The number of halogens is 2. The summed E-state index contributed by atoms with van der Waals surface area (Å²) in [5, 5.41) is 0. The molecular formula is H3Cl2HgP. The van der Waals surface area contributed by atoms with Crippen LogP contribution in [0.1, 0.15) is 0 Å². The van der Waals surface area contributed by atoms with E-state index in [1.54, 1.807) is 0 Å². The summed E-state index contributed by atoms with van der Waals surface area (Å²) in [6, 6.07) is 0. The summed E-state index contributed by atoms with van der Waals surface area (Å²) in [4.78, 5) is 0. The molecule has 0 aromatic carbocycles. The van der Waals surface area contributed by atoms with Crippen molar-refractivity contribution >= 4 is 26.4 Å². The Morgan fingerprint density at radius 1 is 1.25 bits per heavy atom. The Hall–Kier alpha value is 1.95. The molecule has 0 nitrogen and oxygen atoms in total. The van der Waals surface area contributed by atoms with Gasteiger partial charge in [-0.2, -0.15) is 9.90 Å². The van der Waals surface area contributed by atoms with E-state index in [1.807, 2.05) is 0 Å². The predicted molar refractivity (Wildman–Crippen MR) is 22.8 cm³/mol. The van der Waals surface area contributed by atoms with E-state index in [9.17, 15) is 0 Å². The molecule has 0 aromatic heterocycles. The van der Waals surface area contributed by atoms with Gasteiger partial charge in [-0.15, -0.1) is 0 Å². The molecule has 0 aromatic rings. The van der Waals surface area contributed by atoms with E-state index in [0.717, 1.165) is 0 Å². The quantitative estimate of drug-likeness (QED) is 0.469. The molecule has 0 aliphatic rings. The van der Waals surface area contributed by atoms with Gasteiger partial charge >= 0.3 is 38.6 Å². The second-order valence-electron chi connectivity index (χ2n) is 0.101. The second-order valence-corrected chi connectivity index (χ2v) is 7.98. The molecule has 0 spiro atoms. The van der Waals surface area contributed by atoms with Crippen LogP contribution in [0.2, 0.25) is 0 Å². The van der Waals surface area contributed by atoms with Gasteiger partial charge in [0.25, 0.3) is 0 Å². The van der Waals surface area contributed by atoms with Crippen LogP contribution >= 0.6 is 26.4 Å². The summed E-state index contributed by atoms with van der Waals surface area (Å²) in [6.07, 6.45) is 0. The van der Waals surface area contributed by atoms with Crippen LogP contribution in [0.4, 0.5) is 0 Å². The second kappa shape index (κ2) is 8.87. The van der Waals surface area contributed by atoms with Gasteiger partial charge in [-0.05, 0) is 0 Å². The molecule has 0 aliphatic heterocycles. The van der Waals surface area contributed by atoms with E-state index in [0.29, 0.717) is 0 Å². The Morgan fingerprint density at radius 2 is 1.25 bits per heavy atom. The zero-order valence-electron chi connectivity index (χ0n) is 2.17. The van der Waals surface area contributed by atoms with Crippen LogP contribution in [0, 0.1) is 0 Å². The Morgan fingerprint density at radius 3 is 1.25 bits per heavy atom. The van der Waals surface area contributed by atoms with E-state index in [-0.39, 0.29) is 9.90 Å². The van der Waals surface area contributed by atoms with E-state index >= 15 is 0 Å². The molecule has 0 bridgehead atoms. The van der Waals surface area contributed by atoms with Gasteiger partial charge in [0.1, 0.15) is 0 Å². The third-order valence-corrected chi connectivity index (χ3v) is 0. The summed E-state index contributed by atoms with van der Waals surface area (Å²) in [7, 11) is 9.97. The van der Waals surface area contributed by atoms with Crippen LogP contribution in [0.3, 0.4) is 0 Å². The standard InChI is InChI=1S/2ClH.Hg.H3P/h2*1H;;1H3/q;;+2;/p-2. The van der Waals surface area contributed by atoms with Gasteiger partial charge < -0.3 is 0 Å². The van der Waals surface area contributed by atoms with Crippen molar-refractivity contribution in [2.24, 2.45) is 0 Å². The Bertz CT molecular complexity index is 6.00. The molecule has 4 heavy (non-hydrogen) atoms. The van der Waals surface area contributed by atoms with Crippen molar-refractivity contribution in [2.45, 2.75) is 0 Å². The monoisotopic (exact) mass is 306 g/mol. The van der Waals surface area contributed by atoms with Crippen molar-refractivity contribution in [2.75, 3.05) is 0 Å². The molecule has 1 unspecified atom stereocenters. The average molecular weight is 305 g/mol. The van der Waals surface area contributed by atoms with Crippen molar-refractivity contribution in [1.29, 1.82) is 0 Å². The third kappa shape index (κ3) is 9.04. The first-order valence-corrected chi connectivity index (χ1v) is 14.1. The molecule has 0 saturated heterocycles. The fraction of sp³-hybridized carbons (Fsp3) is 0. The summed E-state index contributed by atoms with van der Waals surface area (Å²) in [5.41, 5.74) is 0. The van der Waals surface area contributed by atoms with E-state index < -0.39 is 22.1 Å². The van der Waals surface area contributed by atoms with Gasteiger partial charge in [0.15, 0.2) is 0 Å². The summed E-state index contributed by atoms with van der Waals surface area (Å²) < 4.78 is 0. The molecule has 0 saturated carbocycles. The molecule has 0 rings (SSSR count). The third-order valence-electron chi connectivity index (χ3n) is 0. The Labute approximate surface area is 48.2 Å². The van der Waals surface area contributed by atoms with Crippen LogP contribution in [-0.2, 0) is 22.1 Å². The first-order valence-electron chi connectivity index (χ1n) is 0.535. The van der Waals surface area contributed by atoms with Crippen molar-refractivity contribution in [3.63, 3.8) is 0 Å². The maximum absolute atomic E-state index is 4.99. The van der Waals surface area contributed by atoms with E-state index in [2.05, 4.69) is 0 Å². The number of hydrogen-bond donors (Lipinski definition) is 0. The van der Waals surface area contributed by atoms with Crippen LogP contribution in [0.25, 0.3) is 0 Å². The minimum atomic E-state index is -1.14. The van der Waals surface area contributed by atoms with Gasteiger partial charge in [-0.3, -0.25) is 0 Å². The van der Waals surface area contributed by atoms with Crippen molar-refractivity contribution in [3.8, 4) is 0 Å². The van der Waals surface area contributed by atoms with Gasteiger partial charge in [0.05, 0.1) is 0 Å². The van der Waals surface area contributed by atoms with Crippen molar-refractivity contribution in [1.82, 2.24) is 0 Å². The number of rotatable bonds is 0. The van der Waals surface area contributed by atoms with Crippen LogP contribution in [-0.4, -0.2) is 0 Å². The fourth-order valence-corrected chi connectivity index (χ4v) is 0. The first kappa shape index (κ1) is 9.34. The predicted octanol–water partition coefficient (Wildman–Crippen LogP) is 1.43. The molecular weight excluding hydrogens is 302 g/mol. The molecule has 0 heterocycles. The molecule has 0 amide bonds. The normalized spacial score (nSPS) is 2.50. The van der Waals surface area contributed by atoms with Crippen molar-refractivity contribution < 1.29 is 22.1 Å². The van der Waals surface area contributed by atoms with Crippen LogP contribution in [0.5, 0.6) is 0 Å². The molecule has 0 aliphatic carbocycles.